The number of carbonyl (C=O) groups is 1. The van der Waals surface area contributed by atoms with Gasteiger partial charge in [0.2, 0.25) is 0 Å². The summed E-state index contributed by atoms with van der Waals surface area (Å²) in [5.74, 6) is -1.18. The number of aromatic nitrogens is 2. The third-order valence-electron chi connectivity index (χ3n) is 1.83. The lowest BCUT2D eigenvalue weighted by Gasteiger charge is -2.03. The van der Waals surface area contributed by atoms with Gasteiger partial charge in [-0.15, -0.1) is 0 Å². The number of hydrogen-bond acceptors (Lipinski definition) is 2. The van der Waals surface area contributed by atoms with Crippen molar-refractivity contribution in [1.29, 1.82) is 0 Å². The Morgan fingerprint density at radius 2 is 2.08 bits per heavy atom. The summed E-state index contributed by atoms with van der Waals surface area (Å²) in [4.78, 5) is 22.1. The van der Waals surface area contributed by atoms with Crippen LogP contribution in [-0.4, -0.2) is 20.9 Å². The third kappa shape index (κ3) is 1.49. The minimum absolute atomic E-state index is 0.0562. The monoisotopic (exact) mass is 184 g/mol. The second-order valence-corrected chi connectivity index (χ2v) is 3.19. The van der Waals surface area contributed by atoms with Crippen LogP contribution < -0.4 is 5.56 Å². The smallest absolute Gasteiger partial charge is 0.343 e. The van der Waals surface area contributed by atoms with E-state index < -0.39 is 11.5 Å². The van der Waals surface area contributed by atoms with Gasteiger partial charge in [-0.3, -0.25) is 9.89 Å². The summed E-state index contributed by atoms with van der Waals surface area (Å²) in [5, 5.41) is 11.4. The van der Waals surface area contributed by atoms with Crippen LogP contribution in [0.5, 0.6) is 0 Å². The van der Waals surface area contributed by atoms with Gasteiger partial charge in [-0.1, -0.05) is 0 Å². The van der Waals surface area contributed by atoms with E-state index in [-0.39, 0.29) is 11.6 Å². The van der Waals surface area contributed by atoms with Gasteiger partial charge < -0.3 is 5.11 Å². The number of carboxylic acid groups (broad SMARTS) is 1. The quantitative estimate of drug-likeness (QED) is 0.712. The average molecular weight is 184 g/mol. The van der Waals surface area contributed by atoms with Crippen LogP contribution in [0.4, 0.5) is 0 Å². The van der Waals surface area contributed by atoms with Crippen LogP contribution in [0.1, 0.15) is 35.9 Å². The van der Waals surface area contributed by atoms with Crippen molar-refractivity contribution in [2.24, 2.45) is 0 Å². The van der Waals surface area contributed by atoms with E-state index in [0.717, 1.165) is 0 Å². The lowest BCUT2D eigenvalue weighted by molar-refractivity contribution is 0.0694. The Bertz CT molecular complexity index is 387. The first-order valence-electron chi connectivity index (χ1n) is 3.99. The molecule has 72 valence electrons. The molecule has 0 radical (unpaired) electrons. The van der Waals surface area contributed by atoms with Gasteiger partial charge in [0.1, 0.15) is 5.56 Å². The van der Waals surface area contributed by atoms with Gasteiger partial charge in [-0.2, -0.15) is 0 Å². The van der Waals surface area contributed by atoms with Crippen molar-refractivity contribution in [2.75, 3.05) is 0 Å². The first-order valence-corrected chi connectivity index (χ1v) is 3.99. The molecule has 2 N–H and O–H groups in total. The predicted molar refractivity (Wildman–Crippen MR) is 47.1 cm³/mol. The Morgan fingerprint density at radius 3 is 2.31 bits per heavy atom. The van der Waals surface area contributed by atoms with Gasteiger partial charge in [0.05, 0.1) is 0 Å². The highest BCUT2D eigenvalue weighted by atomic mass is 16.4. The minimum atomic E-state index is -1.18. The first kappa shape index (κ1) is 9.57. The zero-order valence-corrected chi connectivity index (χ0v) is 7.79. The number of nitrogens with zero attached hydrogens (tertiary/aromatic N) is 1. The normalized spacial score (nSPS) is 10.8. The average Bonchev–Trinajstić information content (AvgIpc) is 2.26. The number of nitrogens with one attached hydrogen (secondary N) is 1. The number of aryl methyl sites for hydroxylation is 1. The molecule has 0 amide bonds. The summed E-state index contributed by atoms with van der Waals surface area (Å²) in [7, 11) is 0. The van der Waals surface area contributed by atoms with E-state index in [9.17, 15) is 9.59 Å². The van der Waals surface area contributed by atoms with Crippen molar-refractivity contribution >= 4 is 5.97 Å². The standard InChI is InChI=1S/C8H12N2O3/c1-4(2)10-7(11)6(8(12)13)5(3)9-10/h4,9H,1-3H3,(H,12,13). The molecule has 0 aliphatic heterocycles. The fraction of sp³-hybridized carbons (Fsp3) is 0.500. The summed E-state index contributed by atoms with van der Waals surface area (Å²) in [5.41, 5.74) is -0.250. The molecule has 0 saturated heterocycles. The van der Waals surface area contributed by atoms with Gasteiger partial charge in [-0.05, 0) is 20.8 Å². The van der Waals surface area contributed by atoms with Gasteiger partial charge >= 0.3 is 5.97 Å². The summed E-state index contributed by atoms with van der Waals surface area (Å²) >= 11 is 0. The van der Waals surface area contributed by atoms with Crippen LogP contribution in [0.25, 0.3) is 0 Å². The van der Waals surface area contributed by atoms with Crippen LogP contribution in [0.3, 0.4) is 0 Å². The molecule has 0 saturated carbocycles. The van der Waals surface area contributed by atoms with E-state index in [2.05, 4.69) is 5.10 Å². The molecular formula is C8H12N2O3. The van der Waals surface area contributed by atoms with Crippen LogP contribution in [0.2, 0.25) is 0 Å². The van der Waals surface area contributed by atoms with Gasteiger partial charge in [0, 0.05) is 11.7 Å². The zero-order chi connectivity index (χ0) is 10.2. The van der Waals surface area contributed by atoms with Crippen molar-refractivity contribution < 1.29 is 9.90 Å². The number of aromatic amines is 1. The van der Waals surface area contributed by atoms with E-state index in [1.807, 2.05) is 13.8 Å². The summed E-state index contributed by atoms with van der Waals surface area (Å²) < 4.78 is 1.30. The molecule has 0 unspecified atom stereocenters. The highest BCUT2D eigenvalue weighted by molar-refractivity contribution is 5.88. The summed E-state index contributed by atoms with van der Waals surface area (Å²) in [6.07, 6.45) is 0. The molecule has 1 heterocycles. The maximum absolute atomic E-state index is 11.4. The maximum Gasteiger partial charge on any atom is 0.343 e. The van der Waals surface area contributed by atoms with Crippen molar-refractivity contribution in [3.8, 4) is 0 Å². The van der Waals surface area contributed by atoms with E-state index in [1.165, 1.54) is 4.68 Å². The largest absolute Gasteiger partial charge is 0.477 e. The molecule has 1 rings (SSSR count). The molecule has 5 nitrogen and oxygen atoms in total. The Labute approximate surface area is 75.0 Å². The molecule has 0 bridgehead atoms. The number of rotatable bonds is 2. The van der Waals surface area contributed by atoms with E-state index in [0.29, 0.717) is 5.69 Å². The number of H-pyrrole nitrogens is 1. The molecule has 0 atom stereocenters. The van der Waals surface area contributed by atoms with Crippen molar-refractivity contribution in [3.05, 3.63) is 21.6 Å². The molecule has 5 heteroatoms. The molecule has 1 aromatic heterocycles. The highest BCUT2D eigenvalue weighted by Gasteiger charge is 2.18. The number of hydrogen-bond donors (Lipinski definition) is 2. The van der Waals surface area contributed by atoms with Crippen LogP contribution in [0.15, 0.2) is 4.79 Å². The van der Waals surface area contributed by atoms with Crippen molar-refractivity contribution in [2.45, 2.75) is 26.8 Å². The lowest BCUT2D eigenvalue weighted by Crippen LogP contribution is -2.22. The topological polar surface area (TPSA) is 75.1 Å². The van der Waals surface area contributed by atoms with E-state index in [1.54, 1.807) is 6.92 Å². The summed E-state index contributed by atoms with van der Waals surface area (Å²) in [6, 6.07) is -0.0562. The number of carboxylic acids is 1. The molecule has 13 heavy (non-hydrogen) atoms. The third-order valence-corrected chi connectivity index (χ3v) is 1.83. The summed E-state index contributed by atoms with van der Waals surface area (Å²) in [6.45, 7) is 5.19. The zero-order valence-electron chi connectivity index (χ0n) is 7.79. The Hall–Kier alpha value is -1.52. The molecule has 0 aliphatic rings. The fourth-order valence-corrected chi connectivity index (χ4v) is 1.18. The highest BCUT2D eigenvalue weighted by Crippen LogP contribution is 2.03. The van der Waals surface area contributed by atoms with Gasteiger partial charge in [0.15, 0.2) is 0 Å². The molecule has 0 fully saturated rings. The molecule has 1 aromatic rings. The Kier molecular flexibility index (Phi) is 2.27. The molecule has 0 aliphatic carbocycles. The van der Waals surface area contributed by atoms with E-state index in [4.69, 9.17) is 5.11 Å². The Morgan fingerprint density at radius 1 is 1.54 bits per heavy atom. The SMILES string of the molecule is Cc1[nH]n(C(C)C)c(=O)c1C(=O)O. The molecule has 0 aromatic carbocycles. The lowest BCUT2D eigenvalue weighted by atomic mass is 10.3. The maximum atomic E-state index is 11.4. The van der Waals surface area contributed by atoms with E-state index >= 15 is 0 Å². The second kappa shape index (κ2) is 3.08. The predicted octanol–water partition coefficient (Wildman–Crippen LogP) is 0.764. The van der Waals surface area contributed by atoms with Gasteiger partial charge in [-0.25, -0.2) is 9.48 Å². The second-order valence-electron chi connectivity index (χ2n) is 3.19. The minimum Gasteiger partial charge on any atom is -0.477 e. The van der Waals surface area contributed by atoms with Gasteiger partial charge in [0.25, 0.3) is 5.56 Å². The first-order chi connectivity index (χ1) is 5.95. The molecule has 0 spiro atoms. The van der Waals surface area contributed by atoms with Crippen LogP contribution >= 0.6 is 0 Å². The fourth-order valence-electron chi connectivity index (χ4n) is 1.18. The molecular weight excluding hydrogens is 172 g/mol. The Balaban J connectivity index is 3.40. The van der Waals surface area contributed by atoms with Crippen molar-refractivity contribution in [3.63, 3.8) is 0 Å². The van der Waals surface area contributed by atoms with Crippen LogP contribution in [0, 0.1) is 6.92 Å². The van der Waals surface area contributed by atoms with Crippen molar-refractivity contribution in [1.82, 2.24) is 9.78 Å². The van der Waals surface area contributed by atoms with Crippen LogP contribution in [-0.2, 0) is 0 Å². The number of aromatic carboxylic acids is 1.